The molecule has 1 amide bonds. The average Bonchev–Trinajstić information content (AvgIpc) is 2.73. The van der Waals surface area contributed by atoms with Crippen LogP contribution in [0.5, 0.6) is 0 Å². The van der Waals surface area contributed by atoms with Crippen LogP contribution in [0.1, 0.15) is 10.4 Å². The van der Waals surface area contributed by atoms with E-state index in [9.17, 15) is 19.7 Å². The molecule has 110 valence electrons. The lowest BCUT2D eigenvalue weighted by molar-refractivity contribution is -0.384. The number of Topliss-reactive ketones (excluding diaryl/α,β-unsaturated/α-hetero) is 1. The molecule has 1 aromatic carbocycles. The number of nitro groups is 1. The van der Waals surface area contributed by atoms with Crippen LogP contribution in [0, 0.1) is 10.1 Å². The summed E-state index contributed by atoms with van der Waals surface area (Å²) in [6.07, 6.45) is 0. The number of non-ortho nitro benzene ring substituents is 1. The smallest absolute Gasteiger partial charge is 0.300 e. The number of amides is 1. The third-order valence-corrected chi connectivity index (χ3v) is 3.61. The van der Waals surface area contributed by atoms with Gasteiger partial charge >= 0.3 is 5.91 Å². The molecule has 0 bridgehead atoms. The number of ether oxygens (including phenoxy) is 1. The summed E-state index contributed by atoms with van der Waals surface area (Å²) in [5, 5.41) is 10.8. The van der Waals surface area contributed by atoms with E-state index in [0.29, 0.717) is 38.7 Å². The van der Waals surface area contributed by atoms with Gasteiger partial charge in [0, 0.05) is 25.2 Å². The van der Waals surface area contributed by atoms with Gasteiger partial charge in [-0.2, -0.15) is 0 Å². The lowest BCUT2D eigenvalue weighted by atomic mass is 10.1. The molecule has 0 atom stereocenters. The van der Waals surface area contributed by atoms with Crippen molar-refractivity contribution in [3.63, 3.8) is 0 Å². The highest BCUT2D eigenvalue weighted by atomic mass is 16.6. The van der Waals surface area contributed by atoms with Gasteiger partial charge in [-0.05, 0) is 6.07 Å². The molecule has 0 aromatic heterocycles. The van der Waals surface area contributed by atoms with Crippen molar-refractivity contribution in [2.75, 3.05) is 37.9 Å². The Bertz CT molecular complexity index is 624. The lowest BCUT2D eigenvalue weighted by Gasteiger charge is -2.30. The standard InChI is InChI=1S/C13H13N3O5/c17-12-10-7-9(16(19)20)1-2-11(10)15(13(12)18)8-14-3-5-21-6-4-14/h1-2,7H,3-6,8H2. The third-order valence-electron chi connectivity index (χ3n) is 3.61. The minimum absolute atomic E-state index is 0.0995. The summed E-state index contributed by atoms with van der Waals surface area (Å²) in [6, 6.07) is 3.92. The van der Waals surface area contributed by atoms with E-state index in [1.54, 1.807) is 0 Å². The highest BCUT2D eigenvalue weighted by molar-refractivity contribution is 6.52. The summed E-state index contributed by atoms with van der Waals surface area (Å²) >= 11 is 0. The number of hydrogen-bond donors (Lipinski definition) is 0. The number of nitro benzene ring substituents is 1. The summed E-state index contributed by atoms with van der Waals surface area (Å²) in [4.78, 5) is 37.6. The maximum absolute atomic E-state index is 12.1. The molecule has 0 aliphatic carbocycles. The number of fused-ring (bicyclic) bond motifs is 1. The number of nitrogens with zero attached hydrogens (tertiary/aromatic N) is 3. The zero-order valence-electron chi connectivity index (χ0n) is 11.2. The van der Waals surface area contributed by atoms with Crippen molar-refractivity contribution in [2.45, 2.75) is 0 Å². The second-order valence-electron chi connectivity index (χ2n) is 4.89. The van der Waals surface area contributed by atoms with Crippen LogP contribution in [-0.2, 0) is 9.53 Å². The number of hydrogen-bond acceptors (Lipinski definition) is 6. The van der Waals surface area contributed by atoms with Crippen LogP contribution < -0.4 is 4.90 Å². The van der Waals surface area contributed by atoms with Crippen LogP contribution >= 0.6 is 0 Å². The SMILES string of the molecule is O=C1C(=O)N(CN2CCOCC2)c2ccc([N+](=O)[O-])cc21. The molecule has 0 radical (unpaired) electrons. The average molecular weight is 291 g/mol. The molecule has 3 rings (SSSR count). The summed E-state index contributed by atoms with van der Waals surface area (Å²) < 4.78 is 5.24. The second kappa shape index (κ2) is 5.23. The van der Waals surface area contributed by atoms with Gasteiger partial charge in [0.1, 0.15) is 0 Å². The van der Waals surface area contributed by atoms with E-state index < -0.39 is 16.6 Å². The minimum Gasteiger partial charge on any atom is -0.379 e. The van der Waals surface area contributed by atoms with Crippen molar-refractivity contribution in [1.29, 1.82) is 0 Å². The number of rotatable bonds is 3. The summed E-state index contributed by atoms with van der Waals surface area (Å²) in [5.41, 5.74) is 0.340. The first-order valence-electron chi connectivity index (χ1n) is 6.52. The molecule has 21 heavy (non-hydrogen) atoms. The zero-order valence-corrected chi connectivity index (χ0v) is 11.2. The number of morpholine rings is 1. The van der Waals surface area contributed by atoms with Crippen molar-refractivity contribution < 1.29 is 19.2 Å². The van der Waals surface area contributed by atoms with E-state index >= 15 is 0 Å². The van der Waals surface area contributed by atoms with Crippen molar-refractivity contribution in [1.82, 2.24) is 4.90 Å². The van der Waals surface area contributed by atoms with E-state index in [4.69, 9.17) is 4.74 Å². The minimum atomic E-state index is -0.693. The molecule has 1 saturated heterocycles. The summed E-state index contributed by atoms with van der Waals surface area (Å²) in [5.74, 6) is -1.33. The van der Waals surface area contributed by atoms with Crippen LogP contribution in [0.15, 0.2) is 18.2 Å². The zero-order chi connectivity index (χ0) is 15.0. The Balaban J connectivity index is 1.88. The topological polar surface area (TPSA) is 93.0 Å². The second-order valence-corrected chi connectivity index (χ2v) is 4.89. The summed E-state index contributed by atoms with van der Waals surface area (Å²) in [7, 11) is 0. The third kappa shape index (κ3) is 2.39. The molecule has 0 spiro atoms. The van der Waals surface area contributed by atoms with Gasteiger partial charge in [0.2, 0.25) is 0 Å². The normalized spacial score (nSPS) is 19.0. The molecular formula is C13H13N3O5. The summed E-state index contributed by atoms with van der Waals surface area (Å²) in [6.45, 7) is 2.82. The van der Waals surface area contributed by atoms with Gasteiger partial charge in [-0.15, -0.1) is 0 Å². The van der Waals surface area contributed by atoms with E-state index in [1.165, 1.54) is 17.0 Å². The van der Waals surface area contributed by atoms with Gasteiger partial charge < -0.3 is 4.74 Å². The lowest BCUT2D eigenvalue weighted by Crippen LogP contribution is -2.45. The number of benzene rings is 1. The largest absolute Gasteiger partial charge is 0.379 e. The molecule has 8 nitrogen and oxygen atoms in total. The Morgan fingerprint density at radius 2 is 1.95 bits per heavy atom. The molecule has 0 saturated carbocycles. The predicted molar refractivity (Wildman–Crippen MR) is 72.2 cm³/mol. The van der Waals surface area contributed by atoms with Crippen molar-refractivity contribution in [2.24, 2.45) is 0 Å². The van der Waals surface area contributed by atoms with E-state index in [2.05, 4.69) is 0 Å². The fraction of sp³-hybridized carbons (Fsp3) is 0.385. The Morgan fingerprint density at radius 1 is 1.24 bits per heavy atom. The molecule has 2 heterocycles. The van der Waals surface area contributed by atoms with E-state index in [1.807, 2.05) is 4.90 Å². The Kier molecular flexibility index (Phi) is 3.40. The molecule has 1 aromatic rings. The van der Waals surface area contributed by atoms with Gasteiger partial charge in [-0.25, -0.2) is 0 Å². The van der Waals surface area contributed by atoms with Crippen LogP contribution in [0.2, 0.25) is 0 Å². The van der Waals surface area contributed by atoms with E-state index in [0.717, 1.165) is 6.07 Å². The van der Waals surface area contributed by atoms with Crippen molar-refractivity contribution in [3.8, 4) is 0 Å². The van der Waals surface area contributed by atoms with Crippen LogP contribution in [0.4, 0.5) is 11.4 Å². The van der Waals surface area contributed by atoms with Crippen molar-refractivity contribution in [3.05, 3.63) is 33.9 Å². The van der Waals surface area contributed by atoms with Gasteiger partial charge in [-0.3, -0.25) is 29.5 Å². The molecule has 2 aliphatic heterocycles. The number of carbonyl (C=O) groups excluding carboxylic acids is 2. The highest BCUT2D eigenvalue weighted by Gasteiger charge is 2.37. The number of ketones is 1. The van der Waals surface area contributed by atoms with Crippen LogP contribution in [0.3, 0.4) is 0 Å². The van der Waals surface area contributed by atoms with Gasteiger partial charge in [0.05, 0.1) is 36.1 Å². The maximum atomic E-state index is 12.1. The molecule has 1 fully saturated rings. The van der Waals surface area contributed by atoms with Crippen LogP contribution in [-0.4, -0.2) is 54.5 Å². The molecule has 8 heteroatoms. The van der Waals surface area contributed by atoms with Crippen molar-refractivity contribution >= 4 is 23.1 Å². The first kappa shape index (κ1) is 13.7. The molecule has 0 unspecified atom stereocenters. The van der Waals surface area contributed by atoms with Gasteiger partial charge in [-0.1, -0.05) is 0 Å². The predicted octanol–water partition coefficient (Wildman–Crippen LogP) is 0.414. The number of carbonyl (C=O) groups is 2. The fourth-order valence-corrected chi connectivity index (χ4v) is 2.48. The number of anilines is 1. The highest BCUT2D eigenvalue weighted by Crippen LogP contribution is 2.32. The quantitative estimate of drug-likeness (QED) is 0.455. The molecular weight excluding hydrogens is 278 g/mol. The first-order valence-corrected chi connectivity index (χ1v) is 6.52. The Morgan fingerprint density at radius 3 is 2.62 bits per heavy atom. The maximum Gasteiger partial charge on any atom is 0.300 e. The van der Waals surface area contributed by atoms with Gasteiger partial charge in [0.25, 0.3) is 11.5 Å². The van der Waals surface area contributed by atoms with Crippen LogP contribution in [0.25, 0.3) is 0 Å². The Labute approximate surface area is 120 Å². The molecule has 2 aliphatic rings. The van der Waals surface area contributed by atoms with Gasteiger partial charge in [0.15, 0.2) is 0 Å². The Hall–Kier alpha value is -2.32. The monoisotopic (exact) mass is 291 g/mol. The first-order chi connectivity index (χ1) is 10.1. The molecule has 0 N–H and O–H groups in total. The van der Waals surface area contributed by atoms with E-state index in [-0.39, 0.29) is 11.3 Å². The fourth-order valence-electron chi connectivity index (χ4n) is 2.48.